The van der Waals surface area contributed by atoms with Crippen LogP contribution in [0.25, 0.3) is 0 Å². The number of nitrogens with one attached hydrogen (secondary N) is 1. The number of aromatic nitrogens is 3. The number of halogens is 1. The molecule has 1 aliphatic rings. The largest absolute Gasteiger partial charge is 0.481 e. The number of likely N-dealkylation sites (tertiary alicyclic amines) is 1. The van der Waals surface area contributed by atoms with E-state index in [9.17, 15) is 24.2 Å². The molecule has 1 aliphatic heterocycles. The highest BCUT2D eigenvalue weighted by Crippen LogP contribution is 2.38. The number of carboxylic acids is 1. The number of carboxylic acid groups (broad SMARTS) is 2. The zero-order valence-corrected chi connectivity index (χ0v) is 19.0. The average molecular weight is 448 g/mol. The van der Waals surface area contributed by atoms with E-state index in [0.717, 1.165) is 5.69 Å². The molecular weight excluding hydrogens is 417 g/mol. The van der Waals surface area contributed by atoms with Crippen LogP contribution in [0.1, 0.15) is 51.9 Å². The summed E-state index contributed by atoms with van der Waals surface area (Å²) in [5, 5.41) is 26.8. The van der Waals surface area contributed by atoms with Crippen LogP contribution in [0, 0.1) is 18.2 Å². The van der Waals surface area contributed by atoms with Crippen molar-refractivity contribution < 1.29 is 24.2 Å². The number of amides is 1. The molecule has 2 aromatic heterocycles. The molecule has 3 heterocycles. The van der Waals surface area contributed by atoms with Crippen molar-refractivity contribution in [3.8, 4) is 0 Å². The molecule has 0 saturated carbocycles. The van der Waals surface area contributed by atoms with Crippen molar-refractivity contribution in [1.82, 2.24) is 19.7 Å². The maximum absolute atomic E-state index is 14.6. The first-order valence-electron chi connectivity index (χ1n) is 10.5. The molecule has 1 saturated heterocycles. The van der Waals surface area contributed by atoms with Crippen molar-refractivity contribution in [1.29, 1.82) is 0 Å². The third-order valence-electron chi connectivity index (χ3n) is 5.89. The summed E-state index contributed by atoms with van der Waals surface area (Å²) < 4.78 is 16.3. The maximum atomic E-state index is 14.6. The van der Waals surface area contributed by atoms with Crippen molar-refractivity contribution in [2.45, 2.75) is 65.5 Å². The van der Waals surface area contributed by atoms with E-state index >= 15 is 0 Å². The first kappa shape index (κ1) is 23.5. The van der Waals surface area contributed by atoms with E-state index in [2.05, 4.69) is 15.4 Å². The molecule has 0 aromatic carbocycles. The Bertz CT molecular complexity index is 1030. The van der Waals surface area contributed by atoms with Crippen molar-refractivity contribution in [2.24, 2.45) is 5.41 Å². The molecule has 2 aromatic rings. The quantitative estimate of drug-likeness (QED) is 0.633. The van der Waals surface area contributed by atoms with E-state index in [1.165, 1.54) is 17.0 Å². The molecule has 1 fully saturated rings. The number of piperidine rings is 1. The molecule has 9 nitrogen and oxygen atoms in total. The molecule has 0 radical (unpaired) electrons. The van der Waals surface area contributed by atoms with Crippen molar-refractivity contribution in [2.75, 3.05) is 11.9 Å². The van der Waals surface area contributed by atoms with Crippen LogP contribution < -0.4 is 5.32 Å². The molecule has 0 bridgehead atoms. The fourth-order valence-electron chi connectivity index (χ4n) is 4.28. The number of hydrogen-bond donors (Lipinski definition) is 3. The average Bonchev–Trinajstić information content (AvgIpc) is 3.05. The predicted octanol–water partition coefficient (Wildman–Crippen LogP) is 4.00. The van der Waals surface area contributed by atoms with Gasteiger partial charge in [0, 0.05) is 30.8 Å². The van der Waals surface area contributed by atoms with Crippen LogP contribution in [-0.4, -0.2) is 54.5 Å². The van der Waals surface area contributed by atoms with Gasteiger partial charge < -0.3 is 20.4 Å². The van der Waals surface area contributed by atoms with Gasteiger partial charge in [0.25, 0.3) is 0 Å². The summed E-state index contributed by atoms with van der Waals surface area (Å²) >= 11 is 0. The molecule has 3 N–H and O–H groups in total. The lowest BCUT2D eigenvalue weighted by Gasteiger charge is -2.41. The van der Waals surface area contributed by atoms with E-state index in [-0.39, 0.29) is 37.2 Å². The number of anilines is 2. The SMILES string of the molecule is Cc1cc(Nc2nc(CC3(C(=O)O)CCN(C(=O)O)C(C)C3)ccc2F)n(C(C)(C)C)n1. The lowest BCUT2D eigenvalue weighted by molar-refractivity contribution is -0.153. The Hall–Kier alpha value is -3.17. The van der Waals surface area contributed by atoms with Gasteiger partial charge >= 0.3 is 12.1 Å². The van der Waals surface area contributed by atoms with Gasteiger partial charge in [-0.15, -0.1) is 0 Å². The fraction of sp³-hybridized carbons (Fsp3) is 0.545. The number of nitrogens with zero attached hydrogens (tertiary/aromatic N) is 4. The number of aliphatic carboxylic acids is 1. The van der Waals surface area contributed by atoms with Crippen molar-refractivity contribution in [3.05, 3.63) is 35.4 Å². The highest BCUT2D eigenvalue weighted by Gasteiger charge is 2.46. The molecule has 174 valence electrons. The van der Waals surface area contributed by atoms with Crippen LogP contribution in [-0.2, 0) is 16.8 Å². The molecule has 0 spiro atoms. The van der Waals surface area contributed by atoms with Crippen LogP contribution in [0.4, 0.5) is 20.8 Å². The minimum Gasteiger partial charge on any atom is -0.481 e. The van der Waals surface area contributed by atoms with Gasteiger partial charge in [-0.25, -0.2) is 18.9 Å². The van der Waals surface area contributed by atoms with E-state index in [1.54, 1.807) is 17.7 Å². The van der Waals surface area contributed by atoms with Gasteiger partial charge in [-0.2, -0.15) is 5.10 Å². The zero-order valence-electron chi connectivity index (χ0n) is 19.0. The Kier molecular flexibility index (Phi) is 6.17. The molecular formula is C22H30FN5O4. The van der Waals surface area contributed by atoms with E-state index < -0.39 is 29.3 Å². The summed E-state index contributed by atoms with van der Waals surface area (Å²) in [5.74, 6) is -0.998. The predicted molar refractivity (Wildman–Crippen MR) is 117 cm³/mol. The minimum atomic E-state index is -1.17. The Morgan fingerprint density at radius 1 is 1.31 bits per heavy atom. The molecule has 32 heavy (non-hydrogen) atoms. The van der Waals surface area contributed by atoms with Crippen LogP contribution in [0.15, 0.2) is 18.2 Å². The van der Waals surface area contributed by atoms with E-state index in [1.807, 2.05) is 27.7 Å². The van der Waals surface area contributed by atoms with Crippen molar-refractivity contribution >= 4 is 23.7 Å². The fourth-order valence-corrected chi connectivity index (χ4v) is 4.28. The highest BCUT2D eigenvalue weighted by atomic mass is 19.1. The Morgan fingerprint density at radius 2 is 2.00 bits per heavy atom. The van der Waals surface area contributed by atoms with Gasteiger partial charge in [0.15, 0.2) is 11.6 Å². The maximum Gasteiger partial charge on any atom is 0.407 e. The second-order valence-corrected chi connectivity index (χ2v) is 9.55. The Morgan fingerprint density at radius 3 is 2.56 bits per heavy atom. The molecule has 0 aliphatic carbocycles. The van der Waals surface area contributed by atoms with Gasteiger partial charge in [0.2, 0.25) is 0 Å². The third kappa shape index (κ3) is 4.68. The number of aryl methyl sites for hydroxylation is 1. The number of rotatable bonds is 5. The summed E-state index contributed by atoms with van der Waals surface area (Å²) in [6.45, 7) is 9.60. The van der Waals surface area contributed by atoms with Crippen molar-refractivity contribution in [3.63, 3.8) is 0 Å². The first-order chi connectivity index (χ1) is 14.8. The second kappa shape index (κ2) is 8.40. The molecule has 1 amide bonds. The number of carbonyl (C=O) groups is 2. The summed E-state index contributed by atoms with van der Waals surface area (Å²) in [4.78, 5) is 29.2. The van der Waals surface area contributed by atoms with Gasteiger partial charge in [-0.1, -0.05) is 0 Å². The molecule has 2 unspecified atom stereocenters. The Labute approximate surface area is 186 Å². The third-order valence-corrected chi connectivity index (χ3v) is 5.89. The number of pyridine rings is 1. The summed E-state index contributed by atoms with van der Waals surface area (Å²) in [7, 11) is 0. The molecule has 2 atom stereocenters. The highest BCUT2D eigenvalue weighted by molar-refractivity contribution is 5.76. The minimum absolute atomic E-state index is 0.00976. The van der Waals surface area contributed by atoms with Crippen LogP contribution in [0.5, 0.6) is 0 Å². The van der Waals surface area contributed by atoms with Crippen LogP contribution in [0.3, 0.4) is 0 Å². The van der Waals surface area contributed by atoms with Gasteiger partial charge in [-0.05, 0) is 59.6 Å². The normalized spacial score (nSPS) is 21.4. The van der Waals surface area contributed by atoms with Crippen LogP contribution in [0.2, 0.25) is 0 Å². The first-order valence-corrected chi connectivity index (χ1v) is 10.5. The monoisotopic (exact) mass is 447 g/mol. The van der Waals surface area contributed by atoms with E-state index in [0.29, 0.717) is 11.5 Å². The van der Waals surface area contributed by atoms with Gasteiger partial charge in [0.1, 0.15) is 5.82 Å². The lowest BCUT2D eigenvalue weighted by atomic mass is 9.72. The van der Waals surface area contributed by atoms with Crippen LogP contribution >= 0.6 is 0 Å². The summed E-state index contributed by atoms with van der Waals surface area (Å²) in [5.41, 5.74) is -0.322. The summed E-state index contributed by atoms with van der Waals surface area (Å²) in [6, 6.07) is 4.09. The molecule has 10 heteroatoms. The second-order valence-electron chi connectivity index (χ2n) is 9.55. The lowest BCUT2D eigenvalue weighted by Crippen LogP contribution is -2.51. The smallest absolute Gasteiger partial charge is 0.407 e. The topological polar surface area (TPSA) is 121 Å². The summed E-state index contributed by atoms with van der Waals surface area (Å²) in [6.07, 6.45) is -0.663. The standard InChI is InChI=1S/C22H30FN5O4/c1-13-10-17(28(26-13)21(3,4)5)25-18-16(23)7-6-15(24-18)12-22(19(29)30)8-9-27(20(31)32)14(2)11-22/h6-7,10,14H,8-9,11-12H2,1-5H3,(H,24,25)(H,29,30)(H,31,32). The molecule has 3 rings (SSSR count). The Balaban J connectivity index is 1.89. The number of hydrogen-bond acceptors (Lipinski definition) is 5. The van der Waals surface area contributed by atoms with E-state index in [4.69, 9.17) is 0 Å². The van der Waals surface area contributed by atoms with Gasteiger partial charge in [-0.3, -0.25) is 4.79 Å². The zero-order chi connectivity index (χ0) is 23.8. The van der Waals surface area contributed by atoms with Gasteiger partial charge in [0.05, 0.1) is 16.6 Å².